The molecule has 0 aromatic heterocycles. The number of fused-ring (bicyclic) bond motifs is 1. The van der Waals surface area contributed by atoms with E-state index >= 15 is 0 Å². The first kappa shape index (κ1) is 15.8. The van der Waals surface area contributed by atoms with E-state index in [0.717, 1.165) is 5.56 Å². The summed E-state index contributed by atoms with van der Waals surface area (Å²) in [5, 5.41) is 5.19. The summed E-state index contributed by atoms with van der Waals surface area (Å²) in [4.78, 5) is 0. The quantitative estimate of drug-likeness (QED) is 0.710. The highest BCUT2D eigenvalue weighted by atomic mass is 35.5. The van der Waals surface area contributed by atoms with Crippen LogP contribution in [0.2, 0.25) is 10.0 Å². The molecule has 0 saturated carbocycles. The minimum Gasteiger partial charge on any atom is -0.357 e. The van der Waals surface area contributed by atoms with Crippen molar-refractivity contribution in [1.29, 1.82) is 0 Å². The number of benzene rings is 1. The minimum atomic E-state index is -4.39. The summed E-state index contributed by atoms with van der Waals surface area (Å²) < 4.78 is 38.3. The van der Waals surface area contributed by atoms with E-state index < -0.39 is 17.7 Å². The number of nitrogens with one attached hydrogen (secondary N) is 2. The van der Waals surface area contributed by atoms with Crippen LogP contribution in [0.1, 0.15) is 11.5 Å². The summed E-state index contributed by atoms with van der Waals surface area (Å²) in [6.07, 6.45) is -2.98. The van der Waals surface area contributed by atoms with Gasteiger partial charge in [0.05, 0.1) is 16.8 Å². The Hall–Kier alpha value is -1.04. The molecule has 0 amide bonds. The predicted molar refractivity (Wildman–Crippen MR) is 81.1 cm³/mol. The van der Waals surface area contributed by atoms with Crippen molar-refractivity contribution in [2.24, 2.45) is 0 Å². The molecule has 118 valence electrons. The SMILES string of the molecule is FC(F)(F)[C@H]1NC2=CC(Cl)C(c3cc(Cl)cc(Cl)c3)C=C2N1. The number of hydrogen-bond donors (Lipinski definition) is 2. The molecule has 0 bridgehead atoms. The van der Waals surface area contributed by atoms with Gasteiger partial charge in [0, 0.05) is 16.0 Å². The molecule has 2 aliphatic rings. The first-order valence-corrected chi connectivity index (χ1v) is 7.57. The number of allylic oxidation sites excluding steroid dienone is 2. The molecule has 1 heterocycles. The van der Waals surface area contributed by atoms with Gasteiger partial charge in [0.1, 0.15) is 0 Å². The van der Waals surface area contributed by atoms with Crippen LogP contribution in [-0.4, -0.2) is 17.7 Å². The summed E-state index contributed by atoms with van der Waals surface area (Å²) in [7, 11) is 0. The molecule has 2 nitrogen and oxygen atoms in total. The first-order valence-electron chi connectivity index (χ1n) is 6.38. The van der Waals surface area contributed by atoms with Crippen LogP contribution in [0.15, 0.2) is 41.7 Å². The Morgan fingerprint density at radius 3 is 2.00 bits per heavy atom. The van der Waals surface area contributed by atoms with E-state index in [2.05, 4.69) is 10.6 Å². The molecule has 3 rings (SSSR count). The maximum absolute atomic E-state index is 12.8. The molecular weight excluding hydrogens is 360 g/mol. The lowest BCUT2D eigenvalue weighted by Gasteiger charge is -2.23. The van der Waals surface area contributed by atoms with Crippen molar-refractivity contribution in [2.45, 2.75) is 23.6 Å². The summed E-state index contributed by atoms with van der Waals surface area (Å²) in [6.45, 7) is 0. The van der Waals surface area contributed by atoms with Crippen LogP contribution in [0.3, 0.4) is 0 Å². The molecule has 1 aromatic carbocycles. The molecular formula is C14H10Cl3F3N2. The zero-order valence-corrected chi connectivity index (χ0v) is 13.2. The van der Waals surface area contributed by atoms with Gasteiger partial charge in [0.15, 0.2) is 6.17 Å². The molecule has 1 aliphatic heterocycles. The second-order valence-corrected chi connectivity index (χ2v) is 6.47. The van der Waals surface area contributed by atoms with Crippen LogP contribution in [0.4, 0.5) is 13.2 Å². The van der Waals surface area contributed by atoms with E-state index in [-0.39, 0.29) is 5.92 Å². The fourth-order valence-electron chi connectivity index (χ4n) is 2.52. The molecule has 2 N–H and O–H groups in total. The fraction of sp³-hybridized carbons (Fsp3) is 0.286. The molecule has 0 spiro atoms. The van der Waals surface area contributed by atoms with Crippen molar-refractivity contribution < 1.29 is 13.2 Å². The van der Waals surface area contributed by atoms with E-state index in [1.807, 2.05) is 0 Å². The highest BCUT2D eigenvalue weighted by Gasteiger charge is 2.45. The summed E-state index contributed by atoms with van der Waals surface area (Å²) >= 11 is 18.2. The highest BCUT2D eigenvalue weighted by Crippen LogP contribution is 2.37. The van der Waals surface area contributed by atoms with E-state index in [0.29, 0.717) is 21.4 Å². The Bertz CT molecular complexity index is 650. The highest BCUT2D eigenvalue weighted by molar-refractivity contribution is 6.34. The van der Waals surface area contributed by atoms with Crippen LogP contribution >= 0.6 is 34.8 Å². The molecule has 3 atom stereocenters. The third kappa shape index (κ3) is 3.03. The zero-order chi connectivity index (χ0) is 16.1. The van der Waals surface area contributed by atoms with E-state index in [1.165, 1.54) is 0 Å². The normalized spacial score (nSPS) is 27.5. The van der Waals surface area contributed by atoms with Gasteiger partial charge in [-0.1, -0.05) is 23.2 Å². The summed E-state index contributed by atoms with van der Waals surface area (Å²) in [6, 6.07) is 4.99. The van der Waals surface area contributed by atoms with Gasteiger partial charge in [-0.05, 0) is 35.9 Å². The second kappa shape index (κ2) is 5.55. The number of hydrogen-bond acceptors (Lipinski definition) is 2. The number of rotatable bonds is 1. The molecule has 22 heavy (non-hydrogen) atoms. The molecule has 8 heteroatoms. The molecule has 1 aliphatic carbocycles. The Morgan fingerprint density at radius 1 is 0.909 bits per heavy atom. The van der Waals surface area contributed by atoms with Gasteiger partial charge in [-0.15, -0.1) is 11.6 Å². The Morgan fingerprint density at radius 2 is 1.45 bits per heavy atom. The van der Waals surface area contributed by atoms with Gasteiger partial charge in [-0.3, -0.25) is 0 Å². The Balaban J connectivity index is 1.92. The van der Waals surface area contributed by atoms with E-state index in [4.69, 9.17) is 34.8 Å². The molecule has 1 aromatic rings. The maximum atomic E-state index is 12.8. The van der Waals surface area contributed by atoms with Crippen LogP contribution in [-0.2, 0) is 0 Å². The zero-order valence-electron chi connectivity index (χ0n) is 10.9. The predicted octanol–water partition coefficient (Wildman–Crippen LogP) is 4.55. The largest absolute Gasteiger partial charge is 0.427 e. The van der Waals surface area contributed by atoms with Gasteiger partial charge in [0.25, 0.3) is 0 Å². The average molecular weight is 370 g/mol. The van der Waals surface area contributed by atoms with Crippen molar-refractivity contribution in [1.82, 2.24) is 10.6 Å². The third-order valence-electron chi connectivity index (χ3n) is 3.50. The molecule has 1 saturated heterocycles. The van der Waals surface area contributed by atoms with Crippen LogP contribution < -0.4 is 10.6 Å². The number of halogens is 6. The lowest BCUT2D eigenvalue weighted by atomic mass is 9.90. The van der Waals surface area contributed by atoms with E-state index in [1.54, 1.807) is 30.4 Å². The van der Waals surface area contributed by atoms with Crippen molar-refractivity contribution in [3.63, 3.8) is 0 Å². The minimum absolute atomic E-state index is 0.321. The van der Waals surface area contributed by atoms with Crippen LogP contribution in [0, 0.1) is 0 Å². The second-order valence-electron chi connectivity index (χ2n) is 5.10. The Labute approximate surface area is 139 Å². The van der Waals surface area contributed by atoms with Crippen molar-refractivity contribution in [2.75, 3.05) is 0 Å². The lowest BCUT2D eigenvalue weighted by molar-refractivity contribution is -0.155. The summed E-state index contributed by atoms with van der Waals surface area (Å²) in [5.41, 5.74) is 1.48. The van der Waals surface area contributed by atoms with Crippen molar-refractivity contribution in [3.05, 3.63) is 57.4 Å². The maximum Gasteiger partial charge on any atom is 0.427 e. The number of alkyl halides is 4. The van der Waals surface area contributed by atoms with Gasteiger partial charge in [0.2, 0.25) is 0 Å². The van der Waals surface area contributed by atoms with Crippen LogP contribution in [0.25, 0.3) is 0 Å². The summed E-state index contributed by atoms with van der Waals surface area (Å²) in [5.74, 6) is -0.321. The third-order valence-corrected chi connectivity index (χ3v) is 4.34. The van der Waals surface area contributed by atoms with Gasteiger partial charge >= 0.3 is 6.18 Å². The van der Waals surface area contributed by atoms with Gasteiger partial charge < -0.3 is 10.6 Å². The standard InChI is InChI=1S/C14H10Cl3F3N2/c15-7-1-6(2-8(16)3-7)9-4-11-12(5-10(9)17)22-13(21-11)14(18,19)20/h1-5,9-10,13,21-22H/t9?,10?,13-/m1/s1. The van der Waals surface area contributed by atoms with Crippen LogP contribution in [0.5, 0.6) is 0 Å². The monoisotopic (exact) mass is 368 g/mol. The van der Waals surface area contributed by atoms with Gasteiger partial charge in [-0.25, -0.2) is 0 Å². The van der Waals surface area contributed by atoms with Gasteiger partial charge in [-0.2, -0.15) is 13.2 Å². The molecule has 2 unspecified atom stereocenters. The smallest absolute Gasteiger partial charge is 0.357 e. The van der Waals surface area contributed by atoms with Crippen molar-refractivity contribution >= 4 is 34.8 Å². The van der Waals surface area contributed by atoms with Crippen molar-refractivity contribution in [3.8, 4) is 0 Å². The average Bonchev–Trinajstić information content (AvgIpc) is 2.79. The van der Waals surface area contributed by atoms with E-state index in [9.17, 15) is 13.2 Å². The molecule has 0 radical (unpaired) electrons. The first-order chi connectivity index (χ1) is 10.2. The molecule has 1 fully saturated rings. The fourth-order valence-corrected chi connectivity index (χ4v) is 3.41. The topological polar surface area (TPSA) is 24.1 Å². The lowest BCUT2D eigenvalue weighted by Crippen LogP contribution is -2.44. The Kier molecular flexibility index (Phi) is 4.00.